The van der Waals surface area contributed by atoms with Crippen LogP contribution in [0.2, 0.25) is 0 Å². The predicted molar refractivity (Wildman–Crippen MR) is 79.8 cm³/mol. The summed E-state index contributed by atoms with van der Waals surface area (Å²) in [6.45, 7) is 3.72. The number of halogens is 1. The number of hydrogen-bond donors (Lipinski definition) is 0. The summed E-state index contributed by atoms with van der Waals surface area (Å²) in [7, 11) is -6.85. The van der Waals surface area contributed by atoms with E-state index in [1.165, 1.54) is 4.31 Å². The average Bonchev–Trinajstić information content (AvgIpc) is 2.65. The normalized spacial score (nSPS) is 19.8. The molecule has 7 nitrogen and oxygen atoms in total. The van der Waals surface area contributed by atoms with E-state index in [2.05, 4.69) is 5.10 Å². The molecule has 10 heteroatoms. The Morgan fingerprint density at radius 2 is 1.81 bits per heavy atom. The van der Waals surface area contributed by atoms with Crippen molar-refractivity contribution in [3.63, 3.8) is 0 Å². The second-order valence-electron chi connectivity index (χ2n) is 4.97. The number of rotatable bonds is 4. The smallest absolute Gasteiger partial charge is 0.246 e. The van der Waals surface area contributed by atoms with Gasteiger partial charge in [0.1, 0.15) is 4.90 Å². The molecule has 0 aliphatic carbocycles. The summed E-state index contributed by atoms with van der Waals surface area (Å²) in [5.41, 5.74) is 0.938. The highest BCUT2D eigenvalue weighted by Crippen LogP contribution is 2.24. The molecule has 21 heavy (non-hydrogen) atoms. The van der Waals surface area contributed by atoms with E-state index in [1.54, 1.807) is 18.5 Å². The zero-order valence-corrected chi connectivity index (χ0v) is 14.3. The van der Waals surface area contributed by atoms with Gasteiger partial charge in [0.15, 0.2) is 9.84 Å². The predicted octanol–water partition coefficient (Wildman–Crippen LogP) is 0.158. The SMILES string of the molecule is Cc1nn(CCCl)c(C)c1S(=O)(=O)N1CCS(=O)(=O)CC1. The van der Waals surface area contributed by atoms with Crippen LogP contribution < -0.4 is 0 Å². The first-order chi connectivity index (χ1) is 9.69. The summed E-state index contributed by atoms with van der Waals surface area (Å²) in [4.78, 5) is 0.159. The Morgan fingerprint density at radius 3 is 2.33 bits per heavy atom. The summed E-state index contributed by atoms with van der Waals surface area (Å²) < 4.78 is 51.0. The van der Waals surface area contributed by atoms with Crippen molar-refractivity contribution in [2.45, 2.75) is 25.3 Å². The Labute approximate surface area is 129 Å². The van der Waals surface area contributed by atoms with Crippen molar-refractivity contribution in [1.82, 2.24) is 14.1 Å². The number of hydrogen-bond acceptors (Lipinski definition) is 5. The highest BCUT2D eigenvalue weighted by Gasteiger charge is 2.34. The standard InChI is InChI=1S/C11H18ClN3O4S2/c1-9-11(10(2)15(13-9)4-3-12)21(18,19)14-5-7-20(16,17)8-6-14/h3-8H2,1-2H3. The quantitative estimate of drug-likeness (QED) is 0.717. The molecule has 1 aromatic rings. The fraction of sp³-hybridized carbons (Fsp3) is 0.727. The monoisotopic (exact) mass is 355 g/mol. The molecule has 0 spiro atoms. The van der Waals surface area contributed by atoms with E-state index in [9.17, 15) is 16.8 Å². The molecule has 2 rings (SSSR count). The second kappa shape index (κ2) is 5.86. The number of aryl methyl sites for hydroxylation is 2. The van der Waals surface area contributed by atoms with Gasteiger partial charge < -0.3 is 0 Å². The Hall–Kier alpha value is -0.640. The lowest BCUT2D eigenvalue weighted by atomic mass is 10.4. The third-order valence-corrected chi connectivity index (χ3v) is 7.44. The molecule has 1 saturated heterocycles. The Bertz CT molecular complexity index is 726. The van der Waals surface area contributed by atoms with Gasteiger partial charge in [-0.15, -0.1) is 11.6 Å². The summed E-state index contributed by atoms with van der Waals surface area (Å²) >= 11 is 5.68. The number of sulfone groups is 1. The zero-order valence-electron chi connectivity index (χ0n) is 11.9. The zero-order chi connectivity index (χ0) is 15.8. The van der Waals surface area contributed by atoms with Crippen LogP contribution in [0, 0.1) is 13.8 Å². The molecule has 0 bridgehead atoms. The van der Waals surface area contributed by atoms with Gasteiger partial charge in [0.05, 0.1) is 29.4 Å². The van der Waals surface area contributed by atoms with E-state index in [1.807, 2.05) is 0 Å². The summed E-state index contributed by atoms with van der Waals surface area (Å²) in [6, 6.07) is 0. The van der Waals surface area contributed by atoms with Crippen molar-refractivity contribution in [3.8, 4) is 0 Å². The van der Waals surface area contributed by atoms with Crippen molar-refractivity contribution < 1.29 is 16.8 Å². The fourth-order valence-corrected chi connectivity index (χ4v) is 5.82. The maximum atomic E-state index is 12.7. The molecule has 0 radical (unpaired) electrons. The number of aromatic nitrogens is 2. The summed E-state index contributed by atoms with van der Waals surface area (Å²) in [6.07, 6.45) is 0. The van der Waals surface area contributed by atoms with Crippen LogP contribution in [-0.4, -0.2) is 61.4 Å². The van der Waals surface area contributed by atoms with Crippen LogP contribution in [0.25, 0.3) is 0 Å². The molecule has 120 valence electrons. The van der Waals surface area contributed by atoms with E-state index >= 15 is 0 Å². The van der Waals surface area contributed by atoms with Gasteiger partial charge in [0, 0.05) is 19.0 Å². The first kappa shape index (κ1) is 16.7. The maximum Gasteiger partial charge on any atom is 0.246 e. The molecular formula is C11H18ClN3O4S2. The molecular weight excluding hydrogens is 338 g/mol. The first-order valence-electron chi connectivity index (χ1n) is 6.49. The van der Waals surface area contributed by atoms with Crippen LogP contribution in [0.3, 0.4) is 0 Å². The lowest BCUT2D eigenvalue weighted by molar-refractivity contribution is 0.430. The molecule has 0 saturated carbocycles. The van der Waals surface area contributed by atoms with Gasteiger partial charge in [-0.2, -0.15) is 9.40 Å². The molecule has 2 heterocycles. The summed E-state index contributed by atoms with van der Waals surface area (Å²) in [5.74, 6) is 0.0592. The topological polar surface area (TPSA) is 89.3 Å². The largest absolute Gasteiger partial charge is 0.267 e. The minimum atomic E-state index is -3.73. The lowest BCUT2D eigenvalue weighted by Gasteiger charge is -2.26. The molecule has 1 aromatic heterocycles. The van der Waals surface area contributed by atoms with Crippen LogP contribution in [0.15, 0.2) is 4.90 Å². The van der Waals surface area contributed by atoms with Crippen molar-refractivity contribution in [2.24, 2.45) is 0 Å². The van der Waals surface area contributed by atoms with Crippen LogP contribution in [0.4, 0.5) is 0 Å². The Kier molecular flexibility index (Phi) is 4.67. The molecule has 1 fully saturated rings. The second-order valence-corrected chi connectivity index (χ2v) is 9.52. The van der Waals surface area contributed by atoms with Crippen LogP contribution in [0.1, 0.15) is 11.4 Å². The molecule has 0 atom stereocenters. The van der Waals surface area contributed by atoms with Crippen molar-refractivity contribution in [2.75, 3.05) is 30.5 Å². The maximum absolute atomic E-state index is 12.7. The van der Waals surface area contributed by atoms with E-state index < -0.39 is 19.9 Å². The number of alkyl halides is 1. The Balaban J connectivity index is 2.37. The third-order valence-electron chi connectivity index (χ3n) is 3.51. The van der Waals surface area contributed by atoms with Crippen LogP contribution in [0.5, 0.6) is 0 Å². The van der Waals surface area contributed by atoms with E-state index in [0.717, 1.165) is 0 Å². The third kappa shape index (κ3) is 3.25. The molecule has 0 unspecified atom stereocenters. The van der Waals surface area contributed by atoms with E-state index in [0.29, 0.717) is 23.8 Å². The summed E-state index contributed by atoms with van der Waals surface area (Å²) in [5, 5.41) is 4.20. The fourth-order valence-electron chi connectivity index (χ4n) is 2.42. The van der Waals surface area contributed by atoms with E-state index in [-0.39, 0.29) is 29.5 Å². The van der Waals surface area contributed by atoms with Crippen molar-refractivity contribution in [1.29, 1.82) is 0 Å². The van der Waals surface area contributed by atoms with Gasteiger partial charge in [-0.1, -0.05) is 0 Å². The van der Waals surface area contributed by atoms with E-state index in [4.69, 9.17) is 11.6 Å². The van der Waals surface area contributed by atoms with Crippen molar-refractivity contribution >= 4 is 31.5 Å². The van der Waals surface area contributed by atoms with Gasteiger partial charge in [-0.05, 0) is 13.8 Å². The number of sulfonamides is 1. The van der Waals surface area contributed by atoms with Gasteiger partial charge in [-0.25, -0.2) is 16.8 Å². The average molecular weight is 356 g/mol. The molecule has 1 aliphatic heterocycles. The Morgan fingerprint density at radius 1 is 1.24 bits per heavy atom. The highest BCUT2D eigenvalue weighted by atomic mass is 35.5. The van der Waals surface area contributed by atoms with Gasteiger partial charge in [0.2, 0.25) is 10.0 Å². The van der Waals surface area contributed by atoms with Gasteiger partial charge in [0.25, 0.3) is 0 Å². The van der Waals surface area contributed by atoms with Gasteiger partial charge >= 0.3 is 0 Å². The molecule has 0 amide bonds. The molecule has 1 aliphatic rings. The van der Waals surface area contributed by atoms with Crippen LogP contribution >= 0.6 is 11.6 Å². The molecule has 0 aromatic carbocycles. The van der Waals surface area contributed by atoms with Gasteiger partial charge in [-0.3, -0.25) is 4.68 Å². The van der Waals surface area contributed by atoms with Crippen LogP contribution in [-0.2, 0) is 26.4 Å². The minimum Gasteiger partial charge on any atom is -0.267 e. The first-order valence-corrected chi connectivity index (χ1v) is 10.3. The molecule has 0 N–H and O–H groups in total. The number of nitrogens with zero attached hydrogens (tertiary/aromatic N) is 3. The highest BCUT2D eigenvalue weighted by molar-refractivity contribution is 7.92. The minimum absolute atomic E-state index is 0.00969. The lowest BCUT2D eigenvalue weighted by Crippen LogP contribution is -2.43. The van der Waals surface area contributed by atoms with Crippen molar-refractivity contribution in [3.05, 3.63) is 11.4 Å².